The third-order valence-electron chi connectivity index (χ3n) is 4.72. The van der Waals surface area contributed by atoms with E-state index in [1.165, 1.54) is 38.8 Å². The number of nitrogens with zero attached hydrogens (tertiary/aromatic N) is 1. The van der Waals surface area contributed by atoms with E-state index in [0.29, 0.717) is 12.0 Å². The molecule has 3 nitrogen and oxygen atoms in total. The van der Waals surface area contributed by atoms with Gasteiger partial charge in [0.05, 0.1) is 6.10 Å². The Balaban J connectivity index is 1.72. The van der Waals surface area contributed by atoms with Gasteiger partial charge in [0.1, 0.15) is 0 Å². The van der Waals surface area contributed by atoms with Crippen LogP contribution in [0.25, 0.3) is 0 Å². The Labute approximate surface area is 112 Å². The second-order valence-corrected chi connectivity index (χ2v) is 6.52. The van der Waals surface area contributed by atoms with Gasteiger partial charge in [-0.25, -0.2) is 0 Å². The summed E-state index contributed by atoms with van der Waals surface area (Å²) in [5, 5.41) is 13.6. The molecule has 2 rings (SSSR count). The minimum absolute atomic E-state index is 0.103. The molecule has 3 heteroatoms. The summed E-state index contributed by atoms with van der Waals surface area (Å²) in [6.07, 6.45) is 7.29. The van der Waals surface area contributed by atoms with E-state index in [-0.39, 0.29) is 6.10 Å². The molecule has 2 aliphatic rings. The average Bonchev–Trinajstić information content (AvgIpc) is 2.26. The Morgan fingerprint density at radius 3 is 2.67 bits per heavy atom. The molecule has 0 aromatic carbocycles. The summed E-state index contributed by atoms with van der Waals surface area (Å²) < 4.78 is 0. The average molecular weight is 254 g/mol. The zero-order valence-electron chi connectivity index (χ0n) is 12.1. The molecule has 0 bridgehead atoms. The molecule has 0 amide bonds. The highest BCUT2D eigenvalue weighted by atomic mass is 16.3. The second-order valence-electron chi connectivity index (χ2n) is 6.52. The van der Waals surface area contributed by atoms with Crippen molar-refractivity contribution in [2.45, 2.75) is 57.6 Å². The Bertz CT molecular complexity index is 243. The summed E-state index contributed by atoms with van der Waals surface area (Å²) in [6.45, 7) is 5.61. The fraction of sp³-hybridized carbons (Fsp3) is 1.00. The van der Waals surface area contributed by atoms with Gasteiger partial charge >= 0.3 is 0 Å². The van der Waals surface area contributed by atoms with Crippen molar-refractivity contribution in [3.05, 3.63) is 0 Å². The maximum absolute atomic E-state index is 9.81. The van der Waals surface area contributed by atoms with Gasteiger partial charge in [0.15, 0.2) is 0 Å². The first kappa shape index (κ1) is 14.3. The van der Waals surface area contributed by atoms with Gasteiger partial charge in [-0.2, -0.15) is 0 Å². The van der Waals surface area contributed by atoms with Crippen molar-refractivity contribution < 1.29 is 5.11 Å². The van der Waals surface area contributed by atoms with Crippen LogP contribution in [0.2, 0.25) is 0 Å². The molecule has 106 valence electrons. The first-order valence-corrected chi connectivity index (χ1v) is 7.77. The standard InChI is InChI=1S/C15H30N2O/c1-3-15(18)8-13-7-14(11-17(2)10-13)16-9-12-5-4-6-12/h12-16,18H,3-11H2,1-2H3. The van der Waals surface area contributed by atoms with Crippen LogP contribution in [-0.2, 0) is 0 Å². The van der Waals surface area contributed by atoms with Crippen molar-refractivity contribution in [1.82, 2.24) is 10.2 Å². The molecule has 1 aliphatic carbocycles. The Morgan fingerprint density at radius 2 is 2.06 bits per heavy atom. The van der Waals surface area contributed by atoms with Crippen molar-refractivity contribution in [3.63, 3.8) is 0 Å². The van der Waals surface area contributed by atoms with Crippen molar-refractivity contribution in [1.29, 1.82) is 0 Å². The van der Waals surface area contributed by atoms with Gasteiger partial charge < -0.3 is 15.3 Å². The lowest BCUT2D eigenvalue weighted by atomic mass is 9.84. The third kappa shape index (κ3) is 4.22. The number of hydrogen-bond donors (Lipinski definition) is 2. The molecule has 0 aromatic heterocycles. The van der Waals surface area contributed by atoms with Gasteiger partial charge in [0.25, 0.3) is 0 Å². The van der Waals surface area contributed by atoms with Gasteiger partial charge in [-0.05, 0) is 57.5 Å². The van der Waals surface area contributed by atoms with Crippen LogP contribution in [0.5, 0.6) is 0 Å². The molecule has 1 aliphatic heterocycles. The zero-order valence-corrected chi connectivity index (χ0v) is 12.1. The van der Waals surface area contributed by atoms with Crippen LogP contribution in [0.15, 0.2) is 0 Å². The first-order chi connectivity index (χ1) is 8.67. The number of rotatable bonds is 6. The van der Waals surface area contributed by atoms with E-state index in [1.807, 2.05) is 0 Å². The number of aliphatic hydroxyl groups is 1. The van der Waals surface area contributed by atoms with E-state index in [0.717, 1.165) is 25.3 Å². The van der Waals surface area contributed by atoms with Crippen molar-refractivity contribution in [2.24, 2.45) is 11.8 Å². The van der Waals surface area contributed by atoms with Crippen LogP contribution < -0.4 is 5.32 Å². The minimum Gasteiger partial charge on any atom is -0.393 e. The number of hydrogen-bond acceptors (Lipinski definition) is 3. The monoisotopic (exact) mass is 254 g/mol. The van der Waals surface area contributed by atoms with E-state index in [1.54, 1.807) is 0 Å². The number of aliphatic hydroxyl groups excluding tert-OH is 1. The smallest absolute Gasteiger partial charge is 0.0540 e. The van der Waals surface area contributed by atoms with Gasteiger partial charge in [0.2, 0.25) is 0 Å². The fourth-order valence-electron chi connectivity index (χ4n) is 3.34. The maximum atomic E-state index is 9.81. The number of piperidine rings is 1. The highest BCUT2D eigenvalue weighted by molar-refractivity contribution is 4.84. The van der Waals surface area contributed by atoms with E-state index in [9.17, 15) is 5.11 Å². The summed E-state index contributed by atoms with van der Waals surface area (Å²) in [6, 6.07) is 0.637. The van der Waals surface area contributed by atoms with Crippen LogP contribution in [0.1, 0.15) is 45.4 Å². The Kier molecular flexibility index (Phi) is 5.46. The summed E-state index contributed by atoms with van der Waals surface area (Å²) in [7, 11) is 2.21. The summed E-state index contributed by atoms with van der Waals surface area (Å²) in [4.78, 5) is 2.43. The van der Waals surface area contributed by atoms with Gasteiger partial charge in [-0.1, -0.05) is 13.3 Å². The topological polar surface area (TPSA) is 35.5 Å². The summed E-state index contributed by atoms with van der Waals surface area (Å²) >= 11 is 0. The first-order valence-electron chi connectivity index (χ1n) is 7.77. The lowest BCUT2D eigenvalue weighted by molar-refractivity contribution is 0.0925. The summed E-state index contributed by atoms with van der Waals surface area (Å²) in [5.74, 6) is 1.61. The summed E-state index contributed by atoms with van der Waals surface area (Å²) in [5.41, 5.74) is 0. The van der Waals surface area contributed by atoms with Crippen LogP contribution in [0.4, 0.5) is 0 Å². The molecule has 2 fully saturated rings. The number of nitrogens with one attached hydrogen (secondary N) is 1. The SMILES string of the molecule is CCC(O)CC1CC(NCC2CCC2)CN(C)C1. The molecule has 3 atom stereocenters. The highest BCUT2D eigenvalue weighted by Crippen LogP contribution is 2.26. The number of likely N-dealkylation sites (N-methyl/N-ethyl adjacent to an activating group) is 1. The van der Waals surface area contributed by atoms with E-state index < -0.39 is 0 Å². The van der Waals surface area contributed by atoms with E-state index in [2.05, 4.69) is 24.2 Å². The quantitative estimate of drug-likeness (QED) is 0.759. The molecule has 0 radical (unpaired) electrons. The maximum Gasteiger partial charge on any atom is 0.0540 e. The molecule has 1 saturated carbocycles. The molecular formula is C15H30N2O. The Hall–Kier alpha value is -0.120. The molecule has 1 heterocycles. The number of likely N-dealkylation sites (tertiary alicyclic amines) is 1. The third-order valence-corrected chi connectivity index (χ3v) is 4.72. The molecule has 0 spiro atoms. The van der Waals surface area contributed by atoms with Crippen LogP contribution in [0, 0.1) is 11.8 Å². The molecule has 2 N–H and O–H groups in total. The zero-order chi connectivity index (χ0) is 13.0. The highest BCUT2D eigenvalue weighted by Gasteiger charge is 2.27. The van der Waals surface area contributed by atoms with E-state index in [4.69, 9.17) is 0 Å². The molecule has 3 unspecified atom stereocenters. The largest absolute Gasteiger partial charge is 0.393 e. The fourth-order valence-corrected chi connectivity index (χ4v) is 3.34. The predicted octanol–water partition coefficient (Wildman–Crippen LogP) is 1.86. The van der Waals surface area contributed by atoms with Crippen molar-refractivity contribution in [3.8, 4) is 0 Å². The minimum atomic E-state index is -0.103. The van der Waals surface area contributed by atoms with Gasteiger partial charge in [0, 0.05) is 19.1 Å². The molecule has 0 aromatic rings. The van der Waals surface area contributed by atoms with Gasteiger partial charge in [-0.3, -0.25) is 0 Å². The normalized spacial score (nSPS) is 32.2. The Morgan fingerprint density at radius 1 is 1.28 bits per heavy atom. The molecule has 1 saturated heterocycles. The van der Waals surface area contributed by atoms with Crippen LogP contribution in [-0.4, -0.2) is 48.8 Å². The predicted molar refractivity (Wildman–Crippen MR) is 75.7 cm³/mol. The van der Waals surface area contributed by atoms with Crippen LogP contribution in [0.3, 0.4) is 0 Å². The second kappa shape index (κ2) is 6.88. The molecule has 18 heavy (non-hydrogen) atoms. The van der Waals surface area contributed by atoms with E-state index >= 15 is 0 Å². The van der Waals surface area contributed by atoms with Crippen molar-refractivity contribution in [2.75, 3.05) is 26.7 Å². The molecular weight excluding hydrogens is 224 g/mol. The lowest BCUT2D eigenvalue weighted by Gasteiger charge is -2.38. The van der Waals surface area contributed by atoms with Crippen LogP contribution >= 0.6 is 0 Å². The lowest BCUT2D eigenvalue weighted by Crippen LogP contribution is -2.49. The van der Waals surface area contributed by atoms with Crippen molar-refractivity contribution >= 4 is 0 Å². The van der Waals surface area contributed by atoms with Gasteiger partial charge in [-0.15, -0.1) is 0 Å².